The van der Waals surface area contributed by atoms with Crippen LogP contribution < -0.4 is 5.32 Å². The molecule has 84 valence electrons. The molecular weight excluding hydrogens is 273 g/mol. The molecule has 2 rings (SSSR count). The van der Waals surface area contributed by atoms with Crippen LogP contribution in [0.25, 0.3) is 0 Å². The maximum atomic E-state index is 13.0. The zero-order valence-corrected chi connectivity index (χ0v) is 10.3. The number of benzene rings is 1. The van der Waals surface area contributed by atoms with E-state index < -0.39 is 0 Å². The zero-order chi connectivity index (χ0) is 11.5. The number of furan rings is 1. The van der Waals surface area contributed by atoms with Gasteiger partial charge in [0.15, 0.2) is 0 Å². The molecule has 0 aliphatic rings. The smallest absolute Gasteiger partial charge is 0.125 e. The predicted molar refractivity (Wildman–Crippen MR) is 64.9 cm³/mol. The highest BCUT2D eigenvalue weighted by molar-refractivity contribution is 9.10. The summed E-state index contributed by atoms with van der Waals surface area (Å²) < 4.78 is 19.1. The van der Waals surface area contributed by atoms with Crippen LogP contribution in [-0.2, 0) is 6.54 Å². The van der Waals surface area contributed by atoms with Crippen LogP contribution >= 0.6 is 15.9 Å². The number of hydrogen-bond acceptors (Lipinski definition) is 2. The standard InChI is InChI=1S/C12H11BrFNO/c1-8-4-5-16-12(8)7-15-11-6-9(14)2-3-10(11)13/h2-6,15H,7H2,1H3. The predicted octanol–water partition coefficient (Wildman–Crippen LogP) is 4.10. The molecule has 0 spiro atoms. The largest absolute Gasteiger partial charge is 0.467 e. The van der Waals surface area contributed by atoms with Crippen molar-refractivity contribution in [1.29, 1.82) is 0 Å². The van der Waals surface area contributed by atoms with Gasteiger partial charge >= 0.3 is 0 Å². The Kier molecular flexibility index (Phi) is 3.29. The van der Waals surface area contributed by atoms with Crippen LogP contribution in [0.2, 0.25) is 0 Å². The molecule has 1 aromatic carbocycles. The molecule has 0 fully saturated rings. The third kappa shape index (κ3) is 2.44. The van der Waals surface area contributed by atoms with Gasteiger partial charge in [0.25, 0.3) is 0 Å². The van der Waals surface area contributed by atoms with Crippen molar-refractivity contribution in [2.45, 2.75) is 13.5 Å². The molecule has 4 heteroatoms. The van der Waals surface area contributed by atoms with Crippen molar-refractivity contribution in [3.8, 4) is 0 Å². The van der Waals surface area contributed by atoms with E-state index in [0.717, 1.165) is 21.5 Å². The molecule has 0 atom stereocenters. The Labute approximate surface area is 102 Å². The van der Waals surface area contributed by atoms with E-state index in [2.05, 4.69) is 21.2 Å². The summed E-state index contributed by atoms with van der Waals surface area (Å²) in [4.78, 5) is 0. The summed E-state index contributed by atoms with van der Waals surface area (Å²) in [5, 5.41) is 3.12. The van der Waals surface area contributed by atoms with Gasteiger partial charge in [0.05, 0.1) is 18.5 Å². The Balaban J connectivity index is 2.10. The Bertz CT molecular complexity index is 496. The van der Waals surface area contributed by atoms with Crippen molar-refractivity contribution in [2.75, 3.05) is 5.32 Å². The zero-order valence-electron chi connectivity index (χ0n) is 8.76. The summed E-state index contributed by atoms with van der Waals surface area (Å²) in [6, 6.07) is 6.43. The summed E-state index contributed by atoms with van der Waals surface area (Å²) >= 11 is 3.35. The highest BCUT2D eigenvalue weighted by atomic mass is 79.9. The van der Waals surface area contributed by atoms with Gasteiger partial charge in [0.2, 0.25) is 0 Å². The molecule has 0 amide bonds. The van der Waals surface area contributed by atoms with Crippen molar-refractivity contribution in [1.82, 2.24) is 0 Å². The van der Waals surface area contributed by atoms with E-state index in [4.69, 9.17) is 4.42 Å². The van der Waals surface area contributed by atoms with E-state index in [-0.39, 0.29) is 5.82 Å². The van der Waals surface area contributed by atoms with Crippen LogP contribution in [0.15, 0.2) is 39.4 Å². The summed E-state index contributed by atoms with van der Waals surface area (Å²) in [5.74, 6) is 0.595. The Hall–Kier alpha value is -1.29. The monoisotopic (exact) mass is 283 g/mol. The maximum Gasteiger partial charge on any atom is 0.125 e. The van der Waals surface area contributed by atoms with Gasteiger partial charge in [-0.1, -0.05) is 0 Å². The van der Waals surface area contributed by atoms with E-state index in [9.17, 15) is 4.39 Å². The van der Waals surface area contributed by atoms with Crippen molar-refractivity contribution < 1.29 is 8.81 Å². The third-order valence-electron chi connectivity index (χ3n) is 2.34. The van der Waals surface area contributed by atoms with Crippen LogP contribution in [0.4, 0.5) is 10.1 Å². The summed E-state index contributed by atoms with van der Waals surface area (Å²) in [7, 11) is 0. The van der Waals surface area contributed by atoms with Gasteiger partial charge in [-0.3, -0.25) is 0 Å². The van der Waals surface area contributed by atoms with Crippen LogP contribution in [0, 0.1) is 12.7 Å². The second kappa shape index (κ2) is 4.70. The molecule has 0 saturated heterocycles. The number of nitrogens with one attached hydrogen (secondary N) is 1. The first-order valence-electron chi connectivity index (χ1n) is 4.88. The van der Waals surface area contributed by atoms with Gasteiger partial charge in [0, 0.05) is 4.47 Å². The van der Waals surface area contributed by atoms with E-state index in [1.807, 2.05) is 13.0 Å². The Morgan fingerprint density at radius 2 is 2.19 bits per heavy atom. The average Bonchev–Trinajstić information content (AvgIpc) is 2.66. The van der Waals surface area contributed by atoms with Crippen molar-refractivity contribution in [2.24, 2.45) is 0 Å². The molecule has 1 aromatic heterocycles. The van der Waals surface area contributed by atoms with Crippen molar-refractivity contribution >= 4 is 21.6 Å². The summed E-state index contributed by atoms with van der Waals surface area (Å²) in [6.07, 6.45) is 1.65. The number of hydrogen-bond donors (Lipinski definition) is 1. The lowest BCUT2D eigenvalue weighted by molar-refractivity contribution is 0.515. The quantitative estimate of drug-likeness (QED) is 0.917. The fraction of sp³-hybridized carbons (Fsp3) is 0.167. The Morgan fingerprint density at radius 3 is 2.88 bits per heavy atom. The highest BCUT2D eigenvalue weighted by Gasteiger charge is 2.04. The summed E-state index contributed by atoms with van der Waals surface area (Å²) in [6.45, 7) is 2.52. The van der Waals surface area contributed by atoms with Gasteiger partial charge in [-0.25, -0.2) is 4.39 Å². The summed E-state index contributed by atoms with van der Waals surface area (Å²) in [5.41, 5.74) is 1.80. The van der Waals surface area contributed by atoms with Crippen LogP contribution in [-0.4, -0.2) is 0 Å². The highest BCUT2D eigenvalue weighted by Crippen LogP contribution is 2.24. The maximum absolute atomic E-state index is 13.0. The van der Waals surface area contributed by atoms with Crippen LogP contribution in [0.3, 0.4) is 0 Å². The molecule has 0 saturated carbocycles. The average molecular weight is 284 g/mol. The first-order valence-corrected chi connectivity index (χ1v) is 5.68. The number of aryl methyl sites for hydroxylation is 1. The number of anilines is 1. The lowest BCUT2D eigenvalue weighted by Crippen LogP contribution is -2.00. The molecular formula is C12H11BrFNO. The Morgan fingerprint density at radius 1 is 1.38 bits per heavy atom. The lowest BCUT2D eigenvalue weighted by atomic mass is 10.2. The molecule has 0 aliphatic carbocycles. The molecule has 0 bridgehead atoms. The van der Waals surface area contributed by atoms with Crippen LogP contribution in [0.5, 0.6) is 0 Å². The first kappa shape index (κ1) is 11.2. The normalized spacial score (nSPS) is 10.4. The molecule has 0 aliphatic heterocycles. The molecule has 1 heterocycles. The molecule has 16 heavy (non-hydrogen) atoms. The van der Waals surface area contributed by atoms with Gasteiger partial charge in [-0.05, 0) is 52.7 Å². The van der Waals surface area contributed by atoms with Gasteiger partial charge in [0.1, 0.15) is 11.6 Å². The molecule has 0 unspecified atom stereocenters. The lowest BCUT2D eigenvalue weighted by Gasteiger charge is -2.07. The molecule has 2 nitrogen and oxygen atoms in total. The van der Waals surface area contributed by atoms with Gasteiger partial charge < -0.3 is 9.73 Å². The SMILES string of the molecule is Cc1ccoc1CNc1cc(F)ccc1Br. The first-order chi connectivity index (χ1) is 7.66. The number of rotatable bonds is 3. The fourth-order valence-electron chi connectivity index (χ4n) is 1.39. The molecule has 1 N–H and O–H groups in total. The van der Waals surface area contributed by atoms with E-state index >= 15 is 0 Å². The van der Waals surface area contributed by atoms with Crippen LogP contribution in [0.1, 0.15) is 11.3 Å². The fourth-order valence-corrected chi connectivity index (χ4v) is 1.78. The van der Waals surface area contributed by atoms with E-state index in [0.29, 0.717) is 6.54 Å². The van der Waals surface area contributed by atoms with E-state index in [1.165, 1.54) is 12.1 Å². The topological polar surface area (TPSA) is 25.2 Å². The minimum absolute atomic E-state index is 0.262. The second-order valence-electron chi connectivity index (χ2n) is 3.50. The molecule has 0 radical (unpaired) electrons. The number of halogens is 2. The third-order valence-corrected chi connectivity index (χ3v) is 3.03. The van der Waals surface area contributed by atoms with Crippen molar-refractivity contribution in [3.63, 3.8) is 0 Å². The van der Waals surface area contributed by atoms with E-state index in [1.54, 1.807) is 12.3 Å². The minimum Gasteiger partial charge on any atom is -0.467 e. The van der Waals surface area contributed by atoms with Crippen molar-refractivity contribution in [3.05, 3.63) is 52.1 Å². The molecule has 2 aromatic rings. The van der Waals surface area contributed by atoms with Gasteiger partial charge in [-0.15, -0.1) is 0 Å². The van der Waals surface area contributed by atoms with Gasteiger partial charge in [-0.2, -0.15) is 0 Å². The second-order valence-corrected chi connectivity index (χ2v) is 4.36. The minimum atomic E-state index is -0.262.